The van der Waals surface area contributed by atoms with Gasteiger partial charge in [-0.2, -0.15) is 4.52 Å². The van der Waals surface area contributed by atoms with E-state index in [9.17, 15) is 5.11 Å². The van der Waals surface area contributed by atoms with E-state index in [-0.39, 0.29) is 11.9 Å². The first-order valence-corrected chi connectivity index (χ1v) is 9.34. The van der Waals surface area contributed by atoms with Crippen molar-refractivity contribution in [3.63, 3.8) is 0 Å². The third-order valence-corrected chi connectivity index (χ3v) is 6.27. The number of likely N-dealkylation sites (N-methyl/N-ethyl adjacent to an activating group) is 1. The summed E-state index contributed by atoms with van der Waals surface area (Å²) < 4.78 is 1.56. The number of piperazine rings is 1. The van der Waals surface area contributed by atoms with Crippen molar-refractivity contribution in [3.8, 4) is 5.88 Å². The molecule has 4 rings (SSSR count). The topological polar surface area (TPSA) is 56.9 Å². The molecule has 1 unspecified atom stereocenters. The molecule has 1 N–H and O–H groups in total. The highest BCUT2D eigenvalue weighted by molar-refractivity contribution is 7.17. The summed E-state index contributed by atoms with van der Waals surface area (Å²) in [5, 5.41) is 17.1. The minimum Gasteiger partial charge on any atom is -0.492 e. The average Bonchev–Trinajstić information content (AvgIpc) is 3.22. The highest BCUT2D eigenvalue weighted by Gasteiger charge is 2.31. The summed E-state index contributed by atoms with van der Waals surface area (Å²) in [5.74, 6) is 0.910. The molecule has 4 heterocycles. The summed E-state index contributed by atoms with van der Waals surface area (Å²) in [6.45, 7) is 5.91. The SMILES string of the molecule is Cc1nc2sc(C(c3cccs3)N3CCN(C)CC3)c(O)n2n1. The summed E-state index contributed by atoms with van der Waals surface area (Å²) in [4.78, 5) is 12.1. The maximum absolute atomic E-state index is 10.7. The van der Waals surface area contributed by atoms with Gasteiger partial charge in [0.2, 0.25) is 10.8 Å². The van der Waals surface area contributed by atoms with Gasteiger partial charge in [-0.1, -0.05) is 17.4 Å². The molecule has 3 aromatic rings. The van der Waals surface area contributed by atoms with Crippen molar-refractivity contribution in [1.29, 1.82) is 0 Å². The molecular formula is C15H19N5OS2. The van der Waals surface area contributed by atoms with Crippen molar-refractivity contribution < 1.29 is 5.11 Å². The quantitative estimate of drug-likeness (QED) is 0.786. The summed E-state index contributed by atoms with van der Waals surface area (Å²) in [7, 11) is 2.15. The van der Waals surface area contributed by atoms with E-state index in [0.29, 0.717) is 5.82 Å². The van der Waals surface area contributed by atoms with Crippen LogP contribution in [0.5, 0.6) is 5.88 Å². The number of aromatic hydroxyl groups is 1. The van der Waals surface area contributed by atoms with Crippen molar-refractivity contribution in [2.75, 3.05) is 33.2 Å². The van der Waals surface area contributed by atoms with Gasteiger partial charge in [0.15, 0.2) is 0 Å². The smallest absolute Gasteiger partial charge is 0.230 e. The van der Waals surface area contributed by atoms with Crippen LogP contribution in [0.25, 0.3) is 4.96 Å². The predicted molar refractivity (Wildman–Crippen MR) is 92.5 cm³/mol. The van der Waals surface area contributed by atoms with Gasteiger partial charge in [0.25, 0.3) is 0 Å². The molecule has 0 saturated carbocycles. The molecule has 3 aromatic heterocycles. The van der Waals surface area contributed by atoms with Crippen LogP contribution in [-0.2, 0) is 0 Å². The zero-order valence-electron chi connectivity index (χ0n) is 13.1. The van der Waals surface area contributed by atoms with E-state index >= 15 is 0 Å². The maximum Gasteiger partial charge on any atom is 0.230 e. The van der Waals surface area contributed by atoms with Crippen molar-refractivity contribution in [2.24, 2.45) is 0 Å². The van der Waals surface area contributed by atoms with Crippen LogP contribution in [0.1, 0.15) is 21.6 Å². The zero-order chi connectivity index (χ0) is 16.0. The molecule has 1 aliphatic heterocycles. The molecule has 0 aromatic carbocycles. The Hall–Kier alpha value is -1.48. The van der Waals surface area contributed by atoms with Gasteiger partial charge in [0, 0.05) is 31.1 Å². The van der Waals surface area contributed by atoms with Gasteiger partial charge in [-0.3, -0.25) is 4.90 Å². The fraction of sp³-hybridized carbons (Fsp3) is 0.467. The molecule has 0 bridgehead atoms. The van der Waals surface area contributed by atoms with Gasteiger partial charge in [-0.05, 0) is 25.4 Å². The van der Waals surface area contributed by atoms with Crippen LogP contribution in [0.3, 0.4) is 0 Å². The minimum absolute atomic E-state index is 0.0810. The van der Waals surface area contributed by atoms with Crippen LogP contribution < -0.4 is 0 Å². The lowest BCUT2D eigenvalue weighted by Crippen LogP contribution is -2.45. The van der Waals surface area contributed by atoms with Crippen LogP contribution in [0, 0.1) is 6.92 Å². The molecule has 8 heteroatoms. The molecule has 6 nitrogen and oxygen atoms in total. The van der Waals surface area contributed by atoms with Crippen LogP contribution in [0.15, 0.2) is 17.5 Å². The number of aromatic nitrogens is 3. The fourth-order valence-corrected chi connectivity index (χ4v) is 5.12. The zero-order valence-corrected chi connectivity index (χ0v) is 14.8. The number of nitrogens with zero attached hydrogens (tertiary/aromatic N) is 5. The van der Waals surface area contributed by atoms with Gasteiger partial charge in [0.05, 0.1) is 10.9 Å². The molecule has 1 saturated heterocycles. The molecule has 0 aliphatic carbocycles. The lowest BCUT2D eigenvalue weighted by Gasteiger charge is -2.37. The summed E-state index contributed by atoms with van der Waals surface area (Å²) >= 11 is 3.27. The number of thiophene rings is 1. The largest absolute Gasteiger partial charge is 0.492 e. The van der Waals surface area contributed by atoms with Crippen LogP contribution in [0.4, 0.5) is 0 Å². The number of fused-ring (bicyclic) bond motifs is 1. The van der Waals surface area contributed by atoms with E-state index in [1.54, 1.807) is 15.9 Å². The van der Waals surface area contributed by atoms with Gasteiger partial charge >= 0.3 is 0 Å². The van der Waals surface area contributed by atoms with Crippen molar-refractivity contribution >= 4 is 27.6 Å². The van der Waals surface area contributed by atoms with Gasteiger partial charge in [-0.15, -0.1) is 16.4 Å². The minimum atomic E-state index is 0.0810. The Labute approximate surface area is 142 Å². The Bertz CT molecular complexity index is 801. The Morgan fingerprint density at radius 3 is 2.70 bits per heavy atom. The first kappa shape index (κ1) is 15.1. The van der Waals surface area contributed by atoms with Crippen molar-refractivity contribution in [1.82, 2.24) is 24.4 Å². The number of hydrogen-bond acceptors (Lipinski definition) is 7. The Balaban J connectivity index is 1.77. The second kappa shape index (κ2) is 5.86. The first-order chi connectivity index (χ1) is 11.1. The van der Waals surface area contributed by atoms with Crippen LogP contribution in [-0.4, -0.2) is 62.7 Å². The van der Waals surface area contributed by atoms with E-state index < -0.39 is 0 Å². The summed E-state index contributed by atoms with van der Waals surface area (Å²) in [5.41, 5.74) is 0. The van der Waals surface area contributed by atoms with Crippen molar-refractivity contribution in [2.45, 2.75) is 13.0 Å². The second-order valence-corrected chi connectivity index (χ2v) is 7.89. The molecule has 1 atom stereocenters. The first-order valence-electron chi connectivity index (χ1n) is 7.64. The molecule has 122 valence electrons. The Morgan fingerprint density at radius 2 is 2.04 bits per heavy atom. The second-order valence-electron chi connectivity index (χ2n) is 5.90. The number of hydrogen-bond donors (Lipinski definition) is 1. The van der Waals surface area contributed by atoms with Gasteiger partial charge < -0.3 is 10.0 Å². The monoisotopic (exact) mass is 349 g/mol. The van der Waals surface area contributed by atoms with E-state index in [0.717, 1.165) is 36.0 Å². The van der Waals surface area contributed by atoms with E-state index in [1.165, 1.54) is 16.2 Å². The van der Waals surface area contributed by atoms with Crippen molar-refractivity contribution in [3.05, 3.63) is 33.1 Å². The predicted octanol–water partition coefficient (Wildman–Crippen LogP) is 2.20. The molecular weight excluding hydrogens is 330 g/mol. The van der Waals surface area contributed by atoms with Gasteiger partial charge in [0.1, 0.15) is 5.82 Å². The van der Waals surface area contributed by atoms with Gasteiger partial charge in [-0.25, -0.2) is 4.98 Å². The number of rotatable bonds is 3. The standard InChI is InChI=1S/C15H19N5OS2/c1-10-16-15-20(17-10)14(21)13(23-15)12(11-4-3-9-22-11)19-7-5-18(2)6-8-19/h3-4,9,12,21H,5-8H2,1-2H3. The molecule has 1 fully saturated rings. The van der Waals surface area contributed by atoms with E-state index in [1.807, 2.05) is 6.92 Å². The van der Waals surface area contributed by atoms with Crippen LogP contribution in [0.2, 0.25) is 0 Å². The maximum atomic E-state index is 10.7. The number of thiazole rings is 1. The molecule has 1 aliphatic rings. The third-order valence-electron chi connectivity index (χ3n) is 4.27. The normalized spacial score (nSPS) is 18.7. The fourth-order valence-electron chi connectivity index (χ4n) is 3.03. The van der Waals surface area contributed by atoms with E-state index in [2.05, 4.69) is 44.4 Å². The lowest BCUT2D eigenvalue weighted by molar-refractivity contribution is 0.128. The Morgan fingerprint density at radius 1 is 1.26 bits per heavy atom. The third kappa shape index (κ3) is 2.65. The summed E-state index contributed by atoms with van der Waals surface area (Å²) in [6.07, 6.45) is 0. The molecule has 23 heavy (non-hydrogen) atoms. The molecule has 0 spiro atoms. The average molecular weight is 349 g/mol. The lowest BCUT2D eigenvalue weighted by atomic mass is 10.1. The summed E-state index contributed by atoms with van der Waals surface area (Å²) in [6, 6.07) is 4.30. The Kier molecular flexibility index (Phi) is 3.84. The molecule has 0 amide bonds. The highest BCUT2D eigenvalue weighted by Crippen LogP contribution is 2.41. The van der Waals surface area contributed by atoms with Crippen LogP contribution >= 0.6 is 22.7 Å². The number of aryl methyl sites for hydroxylation is 1. The molecule has 0 radical (unpaired) electrons. The highest BCUT2D eigenvalue weighted by atomic mass is 32.1. The van der Waals surface area contributed by atoms with E-state index in [4.69, 9.17) is 0 Å².